The van der Waals surface area contributed by atoms with Crippen molar-refractivity contribution in [2.24, 2.45) is 0 Å². The average molecular weight is 459 g/mol. The number of aliphatic hydroxyl groups is 1. The van der Waals surface area contributed by atoms with E-state index in [-0.39, 0.29) is 16.7 Å². The molecule has 4 rings (SSSR count). The second-order valence-electron chi connectivity index (χ2n) is 9.88. The van der Waals surface area contributed by atoms with Crippen LogP contribution in [-0.2, 0) is 15.0 Å². The molecule has 0 radical (unpaired) electrons. The largest absolute Gasteiger partial charge is 0.507 e. The number of carbonyl (C=O) groups is 2. The number of amides is 1. The van der Waals surface area contributed by atoms with Crippen LogP contribution in [0.4, 0.5) is 11.4 Å². The zero-order valence-electron chi connectivity index (χ0n) is 20.4. The van der Waals surface area contributed by atoms with Crippen LogP contribution in [-0.4, -0.2) is 30.9 Å². The van der Waals surface area contributed by atoms with Gasteiger partial charge in [-0.05, 0) is 65.9 Å². The van der Waals surface area contributed by atoms with Crippen molar-refractivity contribution >= 4 is 28.8 Å². The highest BCUT2D eigenvalue weighted by molar-refractivity contribution is 6.51. The number of nitrogens with zero attached hydrogens (tertiary/aromatic N) is 2. The van der Waals surface area contributed by atoms with E-state index in [9.17, 15) is 14.7 Å². The minimum Gasteiger partial charge on any atom is -0.507 e. The molecule has 0 saturated carbocycles. The molecule has 1 N–H and O–H groups in total. The normalized spacial score (nSPS) is 17.9. The van der Waals surface area contributed by atoms with Crippen LogP contribution in [0.15, 0.2) is 70.9 Å². The quantitative estimate of drug-likeness (QED) is 0.314. The highest BCUT2D eigenvalue weighted by Crippen LogP contribution is 2.43. The van der Waals surface area contributed by atoms with Gasteiger partial charge in [-0.15, -0.1) is 0 Å². The lowest BCUT2D eigenvalue weighted by molar-refractivity contribution is -0.132. The monoisotopic (exact) mass is 458 g/mol. The molecule has 1 atom stereocenters. The molecule has 0 aliphatic carbocycles. The van der Waals surface area contributed by atoms with Crippen molar-refractivity contribution in [2.45, 2.75) is 39.2 Å². The third kappa shape index (κ3) is 4.00. The molecule has 1 aliphatic heterocycles. The van der Waals surface area contributed by atoms with E-state index >= 15 is 0 Å². The van der Waals surface area contributed by atoms with E-state index in [4.69, 9.17) is 4.42 Å². The predicted octanol–water partition coefficient (Wildman–Crippen LogP) is 5.58. The molecule has 2 aromatic carbocycles. The summed E-state index contributed by atoms with van der Waals surface area (Å²) in [5.41, 5.74) is 3.74. The standard InChI is InChI=1S/C28H30N2O4/c1-17-9-10-18(28(2,3)4)16-21(17)25(31)23-24(22-8-7-15-34-22)30(27(33)26(23)32)20-13-11-19(12-14-20)29(5)6/h7-16,24,31H,1-6H3/b25-23+. The van der Waals surface area contributed by atoms with Crippen molar-refractivity contribution < 1.29 is 19.1 Å². The van der Waals surface area contributed by atoms with E-state index in [1.165, 1.54) is 11.2 Å². The van der Waals surface area contributed by atoms with Crippen molar-refractivity contribution in [3.63, 3.8) is 0 Å². The number of ketones is 1. The highest BCUT2D eigenvalue weighted by atomic mass is 16.3. The van der Waals surface area contributed by atoms with Crippen LogP contribution in [0.25, 0.3) is 5.76 Å². The third-order valence-corrected chi connectivity index (χ3v) is 6.26. The van der Waals surface area contributed by atoms with Crippen LogP contribution in [0.1, 0.15) is 49.3 Å². The molecule has 2 heterocycles. The molecule has 1 aromatic heterocycles. The Balaban J connectivity index is 1.91. The number of aryl methyl sites for hydroxylation is 1. The van der Waals surface area contributed by atoms with Crippen LogP contribution in [0.2, 0.25) is 0 Å². The van der Waals surface area contributed by atoms with Gasteiger partial charge in [0.05, 0.1) is 11.8 Å². The van der Waals surface area contributed by atoms with Crippen molar-refractivity contribution in [1.82, 2.24) is 0 Å². The van der Waals surface area contributed by atoms with Gasteiger partial charge in [-0.25, -0.2) is 0 Å². The van der Waals surface area contributed by atoms with Crippen LogP contribution in [0.3, 0.4) is 0 Å². The number of hydrogen-bond donors (Lipinski definition) is 1. The Morgan fingerprint density at radius 1 is 1.03 bits per heavy atom. The summed E-state index contributed by atoms with van der Waals surface area (Å²) in [6.45, 7) is 8.13. The maximum atomic E-state index is 13.3. The Kier molecular flexibility index (Phi) is 5.86. The molecule has 34 heavy (non-hydrogen) atoms. The number of anilines is 2. The predicted molar refractivity (Wildman–Crippen MR) is 134 cm³/mol. The molecule has 0 bridgehead atoms. The number of hydrogen-bond acceptors (Lipinski definition) is 5. The fourth-order valence-electron chi connectivity index (χ4n) is 4.21. The summed E-state index contributed by atoms with van der Waals surface area (Å²) in [6, 6.07) is 15.7. The Bertz CT molecular complexity index is 1260. The summed E-state index contributed by atoms with van der Waals surface area (Å²) in [5.74, 6) is -1.24. The molecule has 1 aliphatic rings. The van der Waals surface area contributed by atoms with Crippen LogP contribution in [0, 0.1) is 6.92 Å². The summed E-state index contributed by atoms with van der Waals surface area (Å²) in [7, 11) is 3.86. The first-order chi connectivity index (χ1) is 16.0. The van der Waals surface area contributed by atoms with Crippen molar-refractivity contribution in [2.75, 3.05) is 23.9 Å². The molecule has 6 nitrogen and oxygen atoms in total. The number of aliphatic hydroxyl groups excluding tert-OH is 1. The smallest absolute Gasteiger partial charge is 0.300 e. The van der Waals surface area contributed by atoms with Crippen molar-refractivity contribution in [1.29, 1.82) is 0 Å². The lowest BCUT2D eigenvalue weighted by Gasteiger charge is -2.24. The number of Topliss-reactive ketones (excluding diaryl/α,β-unsaturated/α-hetero) is 1. The van der Waals surface area contributed by atoms with Gasteiger partial charge in [0.1, 0.15) is 17.6 Å². The van der Waals surface area contributed by atoms with E-state index in [1.807, 2.05) is 56.3 Å². The van der Waals surface area contributed by atoms with Crippen LogP contribution in [0.5, 0.6) is 0 Å². The van der Waals surface area contributed by atoms with E-state index < -0.39 is 17.7 Å². The summed E-state index contributed by atoms with van der Waals surface area (Å²) in [4.78, 5) is 29.9. The molecule has 3 aromatic rings. The van der Waals surface area contributed by atoms with Crippen LogP contribution < -0.4 is 9.80 Å². The lowest BCUT2D eigenvalue weighted by Crippen LogP contribution is -2.29. The maximum Gasteiger partial charge on any atom is 0.300 e. The highest BCUT2D eigenvalue weighted by Gasteiger charge is 2.48. The molecule has 1 fully saturated rings. The maximum absolute atomic E-state index is 13.3. The molecule has 176 valence electrons. The number of rotatable bonds is 4. The molecule has 1 unspecified atom stereocenters. The van der Waals surface area contributed by atoms with E-state index in [1.54, 1.807) is 24.3 Å². The van der Waals surface area contributed by atoms with Gasteiger partial charge in [-0.1, -0.05) is 32.9 Å². The second-order valence-corrected chi connectivity index (χ2v) is 9.88. The first-order valence-corrected chi connectivity index (χ1v) is 11.2. The average Bonchev–Trinajstić information content (AvgIpc) is 3.40. The lowest BCUT2D eigenvalue weighted by atomic mass is 9.84. The van der Waals surface area contributed by atoms with Gasteiger partial charge in [0, 0.05) is 31.0 Å². The summed E-state index contributed by atoms with van der Waals surface area (Å²) in [6.07, 6.45) is 1.50. The molecule has 1 amide bonds. The van der Waals surface area contributed by atoms with Gasteiger partial charge in [-0.3, -0.25) is 14.5 Å². The minimum atomic E-state index is -0.877. The van der Waals surface area contributed by atoms with Gasteiger partial charge in [0.15, 0.2) is 0 Å². The number of benzene rings is 2. The Hall–Kier alpha value is -3.80. The van der Waals surface area contributed by atoms with Gasteiger partial charge in [-0.2, -0.15) is 0 Å². The zero-order chi connectivity index (χ0) is 24.8. The Labute approximate surface area is 200 Å². The van der Waals surface area contributed by atoms with E-state index in [0.717, 1.165) is 16.8 Å². The van der Waals surface area contributed by atoms with E-state index in [0.29, 0.717) is 17.0 Å². The number of furan rings is 1. The summed E-state index contributed by atoms with van der Waals surface area (Å²) >= 11 is 0. The topological polar surface area (TPSA) is 74.0 Å². The molecular formula is C28H30N2O4. The van der Waals surface area contributed by atoms with Gasteiger partial charge < -0.3 is 14.4 Å². The molecule has 6 heteroatoms. The van der Waals surface area contributed by atoms with Crippen molar-refractivity contribution in [3.8, 4) is 0 Å². The first-order valence-electron chi connectivity index (χ1n) is 11.2. The SMILES string of the molecule is Cc1ccc(C(C)(C)C)cc1/C(O)=C1\C(=O)C(=O)N(c2ccc(N(C)C)cc2)C1c1ccco1. The summed E-state index contributed by atoms with van der Waals surface area (Å²) in [5, 5.41) is 11.5. The minimum absolute atomic E-state index is 0.0193. The molecular weight excluding hydrogens is 428 g/mol. The van der Waals surface area contributed by atoms with Gasteiger partial charge in [0.25, 0.3) is 11.7 Å². The van der Waals surface area contributed by atoms with Crippen LogP contribution >= 0.6 is 0 Å². The second kappa shape index (κ2) is 8.52. The van der Waals surface area contributed by atoms with Gasteiger partial charge >= 0.3 is 0 Å². The van der Waals surface area contributed by atoms with Gasteiger partial charge in [0.2, 0.25) is 0 Å². The first kappa shape index (κ1) is 23.4. The zero-order valence-corrected chi connectivity index (χ0v) is 20.4. The third-order valence-electron chi connectivity index (χ3n) is 6.26. The molecule has 1 saturated heterocycles. The van der Waals surface area contributed by atoms with Crippen molar-refractivity contribution in [3.05, 3.63) is 88.9 Å². The Morgan fingerprint density at radius 2 is 1.71 bits per heavy atom. The Morgan fingerprint density at radius 3 is 2.26 bits per heavy atom. The number of carbonyl (C=O) groups excluding carboxylic acids is 2. The van der Waals surface area contributed by atoms with E-state index in [2.05, 4.69) is 20.8 Å². The fraction of sp³-hybridized carbons (Fsp3) is 0.286. The summed E-state index contributed by atoms with van der Waals surface area (Å²) < 4.78 is 5.65. The molecule has 0 spiro atoms. The fourth-order valence-corrected chi connectivity index (χ4v) is 4.21.